The Hall–Kier alpha value is -7.35. The van der Waals surface area contributed by atoms with E-state index >= 15 is 0 Å². The molecule has 23 N–H and O–H groups in total. The molecule has 1 aromatic carbocycles. The second kappa shape index (κ2) is 32.8. The van der Waals surface area contributed by atoms with Crippen molar-refractivity contribution in [1.29, 1.82) is 0 Å². The predicted octanol–water partition coefficient (Wildman–Crippen LogP) is -6.80. The number of hydrogen-bond acceptors (Lipinski definition) is 17. The van der Waals surface area contributed by atoms with Crippen LogP contribution in [-0.4, -0.2) is 194 Å². The van der Waals surface area contributed by atoms with Gasteiger partial charge in [0.05, 0.1) is 25.7 Å². The number of para-hydroxylation sites is 1. The lowest BCUT2D eigenvalue weighted by molar-refractivity contribution is -0.398. The Balaban J connectivity index is 1.93. The molecule has 1 aliphatic heterocycles. The number of likely N-dealkylation sites (tertiary alicyclic amines) is 1. The molecule has 30 heteroatoms. The van der Waals surface area contributed by atoms with E-state index in [1.807, 2.05) is 0 Å². The number of nitrogens with two attached hydrogens (primary N) is 3. The first-order chi connectivity index (χ1) is 38.2. The van der Waals surface area contributed by atoms with Gasteiger partial charge in [0.25, 0.3) is 5.91 Å². The number of aliphatic carboxylic acids is 1. The Labute approximate surface area is 468 Å². The topological polar surface area (TPSA) is 502 Å². The van der Waals surface area contributed by atoms with Gasteiger partial charge in [-0.25, -0.2) is 4.79 Å². The average molecular weight is 1150 g/mol. The molecule has 0 radical (unpaired) electrons. The van der Waals surface area contributed by atoms with Crippen molar-refractivity contribution in [3.05, 3.63) is 36.0 Å². The van der Waals surface area contributed by atoms with Crippen molar-refractivity contribution in [2.24, 2.45) is 29.0 Å². The van der Waals surface area contributed by atoms with Crippen LogP contribution in [0, 0.1) is 11.8 Å². The number of aliphatic hydroxyl groups is 3. The normalized spacial score (nSPS) is 17.7. The van der Waals surface area contributed by atoms with E-state index in [4.69, 9.17) is 17.2 Å². The summed E-state index contributed by atoms with van der Waals surface area (Å²) in [5.41, 5.74) is 21.4. The van der Waals surface area contributed by atoms with Crippen LogP contribution in [0.3, 0.4) is 0 Å². The molecule has 0 saturated carbocycles. The van der Waals surface area contributed by atoms with Crippen LogP contribution >= 0.6 is 0 Å². The molecule has 81 heavy (non-hydrogen) atoms. The first-order valence-electron chi connectivity index (χ1n) is 27.0. The van der Waals surface area contributed by atoms with Crippen molar-refractivity contribution in [3.8, 4) is 0 Å². The molecule has 0 aliphatic carbocycles. The van der Waals surface area contributed by atoms with E-state index in [1.165, 1.54) is 18.7 Å². The maximum atomic E-state index is 14.9. The van der Waals surface area contributed by atoms with Crippen molar-refractivity contribution < 1.29 is 78.9 Å². The van der Waals surface area contributed by atoms with Crippen LogP contribution in [0.5, 0.6) is 0 Å². The Bertz CT molecular complexity index is 2510. The summed E-state index contributed by atoms with van der Waals surface area (Å²) in [6.07, 6.45) is -0.768. The number of carbonyl (C=O) groups is 11. The second-order valence-electron chi connectivity index (χ2n) is 20.4. The fraction of sp³-hybridized carbons (Fsp3) is 0.627. The molecule has 30 nitrogen and oxygen atoms in total. The number of aromatic nitrogens is 1. The van der Waals surface area contributed by atoms with Crippen LogP contribution in [0.2, 0.25) is 0 Å². The fourth-order valence-corrected chi connectivity index (χ4v) is 8.80. The molecule has 1 aliphatic rings. The van der Waals surface area contributed by atoms with Crippen LogP contribution in [0.25, 0.3) is 10.9 Å². The van der Waals surface area contributed by atoms with E-state index in [1.54, 1.807) is 58.2 Å². The number of aliphatic hydroxyl groups excluding tert-OH is 3. The van der Waals surface area contributed by atoms with Crippen molar-refractivity contribution in [2.45, 2.75) is 166 Å². The number of H-pyrrole nitrogens is 1. The van der Waals surface area contributed by atoms with Gasteiger partial charge in [0.1, 0.15) is 60.7 Å². The van der Waals surface area contributed by atoms with Crippen LogP contribution in [0.15, 0.2) is 30.5 Å². The van der Waals surface area contributed by atoms with Crippen LogP contribution in [-0.2, 0) is 59.2 Å². The summed E-state index contributed by atoms with van der Waals surface area (Å²) in [4.78, 5) is 152. The predicted molar refractivity (Wildman–Crippen MR) is 290 cm³/mol. The van der Waals surface area contributed by atoms with Gasteiger partial charge < -0.3 is 95.8 Å². The molecule has 1 fully saturated rings. The third-order valence-electron chi connectivity index (χ3n) is 14.0. The summed E-state index contributed by atoms with van der Waals surface area (Å²) in [6.45, 7) is 7.40. The molecule has 2 heterocycles. The highest BCUT2D eigenvalue weighted by Gasteiger charge is 2.42. The summed E-state index contributed by atoms with van der Waals surface area (Å²) in [6, 6.07) is -7.47. The molecule has 2 aromatic rings. The molecular formula is C51H84N15O15+. The number of aromatic amines is 1. The molecule has 13 atom stereocenters. The number of amides is 10. The maximum Gasteiger partial charge on any atom is 0.326 e. The van der Waals surface area contributed by atoms with Crippen molar-refractivity contribution in [3.63, 3.8) is 0 Å². The first kappa shape index (κ1) is 67.9. The standard InChI is InChI=1S/C51H83N15O15/c1-7-24(3)38(47(77)64-39(50(80)81)25(4)8-2)63-45(75)35(23-68)62-48(78)40(27(6)69)65-46(76)36-16-12-18-66(36)49(79)33(19-28-21-57-30-14-10-9-13-29(28)30)60-42(72)31(15-11-17-56-51(54)55)58-44(74)34(22-67)61-43(73)32(20-37(53)70)59-41(71)26(5)52/h9-10,13-14,21,24-27,31-36,38-40,51,56-57,67-69H,7-8,11-12,15-20,22-23,52,54-55H2,1-6H3,(H2,53,70)(H,58,74)(H,59,71)(H,60,72)(H,61,73)(H,62,78)(H,63,75)(H,64,77)(H,65,76)(H,80,81)/p+1/t24-,25-,26-,27+,31-,32-,33-,34-,35-,36-,38-,39-,40-/m0/s1. The monoisotopic (exact) mass is 1150 g/mol. The van der Waals surface area contributed by atoms with Crippen LogP contribution < -0.4 is 70.8 Å². The summed E-state index contributed by atoms with van der Waals surface area (Å²) in [5.74, 6) is -11.8. The minimum absolute atomic E-state index is 0.0289. The smallest absolute Gasteiger partial charge is 0.326 e. The van der Waals surface area contributed by atoms with Crippen molar-refractivity contribution in [2.75, 3.05) is 26.3 Å². The van der Waals surface area contributed by atoms with E-state index in [0.29, 0.717) is 29.3 Å². The van der Waals surface area contributed by atoms with E-state index in [2.05, 4.69) is 58.6 Å². The van der Waals surface area contributed by atoms with Crippen LogP contribution in [0.4, 0.5) is 0 Å². The quantitative estimate of drug-likeness (QED) is 0.0229. The molecule has 1 aromatic heterocycles. The van der Waals surface area contributed by atoms with Gasteiger partial charge in [-0.05, 0) is 69.5 Å². The van der Waals surface area contributed by atoms with Gasteiger partial charge in [0, 0.05) is 30.1 Å². The lowest BCUT2D eigenvalue weighted by Gasteiger charge is -2.31. The molecule has 452 valence electrons. The number of hydrogen-bond donors (Lipinski definition) is 18. The van der Waals surface area contributed by atoms with Gasteiger partial charge in [-0.3, -0.25) is 53.3 Å². The Morgan fingerprint density at radius 3 is 1.78 bits per heavy atom. The minimum Gasteiger partial charge on any atom is -0.480 e. The number of nitrogens with one attached hydrogen (secondary N) is 10. The zero-order valence-electron chi connectivity index (χ0n) is 46.6. The van der Waals surface area contributed by atoms with Gasteiger partial charge in [0.15, 0.2) is 6.04 Å². The SMILES string of the molecule is CC[C@H](C)[C@H](NC(=O)[C@@H](NC(=O)[C@H](CO)NC(=O)[C@@H](NC(=O)[C@@H]1CCCN1C(=O)[C@H](Cc1c[nH]c2ccccc12)NC(=O)[C@H](CCCNC(N)N)NC(=O)[C@H](CO)NC(=O)[C@H](CC(N)=O)NC(=O)[C@H](C)[NH3+])[C@@H](C)O)[C@@H](C)CC)C(=O)O. The van der Waals surface area contributed by atoms with Gasteiger partial charge in [-0.2, -0.15) is 0 Å². The highest BCUT2D eigenvalue weighted by Crippen LogP contribution is 2.24. The van der Waals surface area contributed by atoms with Crippen molar-refractivity contribution in [1.82, 2.24) is 57.7 Å². The average Bonchev–Trinajstić information content (AvgIpc) is 4.18. The third kappa shape index (κ3) is 20.3. The maximum absolute atomic E-state index is 14.9. The van der Waals surface area contributed by atoms with Crippen LogP contribution in [0.1, 0.15) is 92.1 Å². The number of carbonyl (C=O) groups excluding carboxylic acids is 10. The third-order valence-corrected chi connectivity index (χ3v) is 14.0. The minimum atomic E-state index is -1.79. The van der Waals surface area contributed by atoms with Gasteiger partial charge in [-0.15, -0.1) is 0 Å². The number of carboxylic acid groups (broad SMARTS) is 1. The number of rotatable bonds is 34. The zero-order chi connectivity index (χ0) is 60.8. The molecular weight excluding hydrogens is 1060 g/mol. The summed E-state index contributed by atoms with van der Waals surface area (Å²) < 4.78 is 0. The number of carboxylic acids is 1. The lowest BCUT2D eigenvalue weighted by Crippen LogP contribution is -2.68. The largest absolute Gasteiger partial charge is 0.480 e. The number of nitrogens with zero attached hydrogens (tertiary/aromatic N) is 1. The van der Waals surface area contributed by atoms with E-state index in [0.717, 1.165) is 0 Å². The Morgan fingerprint density at radius 2 is 1.21 bits per heavy atom. The fourth-order valence-electron chi connectivity index (χ4n) is 8.80. The van der Waals surface area contributed by atoms with E-state index in [-0.39, 0.29) is 45.2 Å². The number of primary amides is 1. The van der Waals surface area contributed by atoms with Gasteiger partial charge >= 0.3 is 5.97 Å². The Morgan fingerprint density at radius 1 is 0.691 bits per heavy atom. The van der Waals surface area contributed by atoms with E-state index in [9.17, 15) is 73.2 Å². The number of quaternary nitrogens is 1. The number of benzene rings is 1. The highest BCUT2D eigenvalue weighted by molar-refractivity contribution is 5.99. The molecule has 1 saturated heterocycles. The molecule has 3 rings (SSSR count). The highest BCUT2D eigenvalue weighted by atomic mass is 16.4. The van der Waals surface area contributed by atoms with E-state index < -0.39 is 169 Å². The second-order valence-corrected chi connectivity index (χ2v) is 20.4. The zero-order valence-corrected chi connectivity index (χ0v) is 46.6. The lowest BCUT2D eigenvalue weighted by atomic mass is 9.95. The number of fused-ring (bicyclic) bond motifs is 1. The molecule has 0 spiro atoms. The molecule has 0 bridgehead atoms. The molecule has 10 amide bonds. The Kier molecular flexibility index (Phi) is 27.5. The van der Waals surface area contributed by atoms with Crippen molar-refractivity contribution >= 4 is 75.9 Å². The van der Waals surface area contributed by atoms with Gasteiger partial charge in [-0.1, -0.05) is 58.7 Å². The molecule has 0 unspecified atom stereocenters. The summed E-state index contributed by atoms with van der Waals surface area (Å²) >= 11 is 0. The van der Waals surface area contributed by atoms with Gasteiger partial charge in [0.2, 0.25) is 53.2 Å². The first-order valence-corrected chi connectivity index (χ1v) is 27.0. The summed E-state index contributed by atoms with van der Waals surface area (Å²) in [5, 5.41) is 64.1. The summed E-state index contributed by atoms with van der Waals surface area (Å²) in [7, 11) is 0.